The summed E-state index contributed by atoms with van der Waals surface area (Å²) in [5, 5.41) is 0. The Morgan fingerprint density at radius 2 is 0.708 bits per heavy atom. The zero-order chi connectivity index (χ0) is 18.3. The summed E-state index contributed by atoms with van der Waals surface area (Å²) in [5.41, 5.74) is 0. The van der Waals surface area contributed by atoms with E-state index in [0.717, 1.165) is 35.8 Å². The molecule has 0 radical (unpaired) electrons. The largest absolute Gasteiger partial charge is 0.492 e. The molecule has 0 atom stereocenters. The van der Waals surface area contributed by atoms with E-state index in [2.05, 4.69) is 143 Å². The van der Waals surface area contributed by atoms with Crippen LogP contribution in [0.1, 0.15) is 0 Å². The molecular weight excluding hydrogens is 907 g/mol. The molecule has 11 heteroatoms. The molecule has 2 rings (SSSR count). The second-order valence-electron chi connectivity index (χ2n) is 4.12. The van der Waals surface area contributed by atoms with Crippen molar-refractivity contribution in [2.45, 2.75) is 0 Å². The highest BCUT2D eigenvalue weighted by atomic mass is 79.9. The van der Waals surface area contributed by atoms with Gasteiger partial charge >= 0.3 is 0 Å². The van der Waals surface area contributed by atoms with Gasteiger partial charge in [0.05, 0.1) is 42.9 Å². The van der Waals surface area contributed by atoms with Crippen molar-refractivity contribution in [2.24, 2.45) is 0 Å². The van der Waals surface area contributed by atoms with E-state index in [1.165, 1.54) is 0 Å². The molecule has 0 saturated carbocycles. The van der Waals surface area contributed by atoms with Gasteiger partial charge in [0.2, 0.25) is 0 Å². The van der Waals surface area contributed by atoms with Crippen molar-refractivity contribution in [2.75, 3.05) is 7.11 Å². The Hall–Kier alpha value is 2.36. The molecule has 0 amide bonds. The van der Waals surface area contributed by atoms with E-state index < -0.39 is 0 Å². The van der Waals surface area contributed by atoms with Gasteiger partial charge in [0.1, 0.15) is 0 Å². The lowest BCUT2D eigenvalue weighted by Gasteiger charge is -2.19. The van der Waals surface area contributed by atoms with Crippen molar-refractivity contribution in [1.29, 1.82) is 0 Å². The summed E-state index contributed by atoms with van der Waals surface area (Å²) in [4.78, 5) is 0. The number of rotatable bonds is 3. The van der Waals surface area contributed by atoms with Crippen molar-refractivity contribution in [3.63, 3.8) is 0 Å². The molecule has 24 heavy (non-hydrogen) atoms. The van der Waals surface area contributed by atoms with Gasteiger partial charge in [0.15, 0.2) is 17.2 Å². The van der Waals surface area contributed by atoms with Crippen LogP contribution in [0.5, 0.6) is 17.2 Å². The zero-order valence-electron chi connectivity index (χ0n) is 11.2. The molecule has 0 heterocycles. The Morgan fingerprint density at radius 1 is 0.417 bits per heavy atom. The summed E-state index contributed by atoms with van der Waals surface area (Å²) in [6, 6.07) is 0. The van der Waals surface area contributed by atoms with Crippen LogP contribution in [-0.2, 0) is 0 Å². The second-order valence-corrected chi connectivity index (χ2v) is 11.3. The predicted molar refractivity (Wildman–Crippen MR) is 129 cm³/mol. The van der Waals surface area contributed by atoms with Crippen LogP contribution in [0.2, 0.25) is 0 Å². The first-order chi connectivity index (χ1) is 11.1. The van der Waals surface area contributed by atoms with Crippen LogP contribution in [0, 0.1) is 0 Å². The number of hydrogen-bond donors (Lipinski definition) is 0. The predicted octanol–water partition coefficient (Wildman–Crippen LogP) is 10.3. The number of halogens is 9. The van der Waals surface area contributed by atoms with Crippen LogP contribution in [0.3, 0.4) is 0 Å². The van der Waals surface area contributed by atoms with Gasteiger partial charge in [-0.3, -0.25) is 0 Å². The summed E-state index contributed by atoms with van der Waals surface area (Å²) in [6.07, 6.45) is 0. The lowest BCUT2D eigenvalue weighted by Crippen LogP contribution is -1.97. The first kappa shape index (κ1) is 22.6. The van der Waals surface area contributed by atoms with Gasteiger partial charge in [-0.1, -0.05) is 0 Å². The van der Waals surface area contributed by atoms with Gasteiger partial charge in [0, 0.05) is 4.47 Å². The van der Waals surface area contributed by atoms with Gasteiger partial charge in [-0.15, -0.1) is 0 Å². The standard InChI is InChI=1S/C13H3Br9O2/c1-23-12-9(21)5(17)6(18)10(22)13(12)24-11-7(19)3(15)2(14)4(16)8(11)20/h1H3. The normalized spacial score (nSPS) is 10.9. The molecule has 2 nitrogen and oxygen atoms in total. The minimum Gasteiger partial charge on any atom is -0.492 e. The summed E-state index contributed by atoms with van der Waals surface area (Å²) in [6.45, 7) is 0. The fourth-order valence-electron chi connectivity index (χ4n) is 1.64. The maximum absolute atomic E-state index is 6.20. The van der Waals surface area contributed by atoms with Gasteiger partial charge in [0.25, 0.3) is 0 Å². The average molecular weight is 910 g/mol. The number of hydrogen-bond acceptors (Lipinski definition) is 2. The number of methoxy groups -OCH3 is 1. The number of ether oxygens (including phenoxy) is 2. The maximum atomic E-state index is 6.20. The quantitative estimate of drug-likeness (QED) is 0.226. The summed E-state index contributed by atoms with van der Waals surface area (Å²) >= 11 is 31.8. The molecule has 0 unspecified atom stereocenters. The van der Waals surface area contributed by atoms with Crippen LogP contribution >= 0.6 is 143 Å². The SMILES string of the molecule is COc1c(Br)c(Br)c(Br)c(Br)c1Oc1c(Br)c(Br)c(Br)c(Br)c1Br. The molecule has 0 spiro atoms. The zero-order valence-corrected chi connectivity index (χ0v) is 25.5. The van der Waals surface area contributed by atoms with E-state index in [1.54, 1.807) is 7.11 Å². The Balaban J connectivity index is 2.75. The summed E-state index contributed by atoms with van der Waals surface area (Å²) in [5.74, 6) is 1.64. The van der Waals surface area contributed by atoms with Gasteiger partial charge in [-0.2, -0.15) is 0 Å². The van der Waals surface area contributed by atoms with Gasteiger partial charge in [-0.05, 0) is 143 Å². The van der Waals surface area contributed by atoms with Gasteiger partial charge in [-0.25, -0.2) is 0 Å². The highest BCUT2D eigenvalue weighted by Gasteiger charge is 2.25. The van der Waals surface area contributed by atoms with Crippen LogP contribution in [-0.4, -0.2) is 7.11 Å². The average Bonchev–Trinajstić information content (AvgIpc) is 2.57. The molecule has 0 saturated heterocycles. The van der Waals surface area contributed by atoms with E-state index in [4.69, 9.17) is 9.47 Å². The third kappa shape index (κ3) is 4.18. The second kappa shape index (κ2) is 9.24. The molecule has 2 aromatic carbocycles. The first-order valence-electron chi connectivity index (χ1n) is 5.72. The fourth-order valence-corrected chi connectivity index (χ4v) is 7.10. The monoisotopic (exact) mass is 901 g/mol. The first-order valence-corrected chi connectivity index (χ1v) is 12.9. The number of benzene rings is 2. The van der Waals surface area contributed by atoms with Crippen molar-refractivity contribution in [1.82, 2.24) is 0 Å². The Kier molecular flexibility index (Phi) is 8.72. The molecule has 0 aliphatic carbocycles. The van der Waals surface area contributed by atoms with Crippen molar-refractivity contribution < 1.29 is 9.47 Å². The molecule has 0 bridgehead atoms. The maximum Gasteiger partial charge on any atom is 0.185 e. The van der Waals surface area contributed by atoms with Gasteiger partial charge < -0.3 is 9.47 Å². The highest BCUT2D eigenvalue weighted by molar-refractivity contribution is 9.16. The molecule has 0 aliphatic rings. The van der Waals surface area contributed by atoms with Crippen LogP contribution in [0.25, 0.3) is 0 Å². The van der Waals surface area contributed by atoms with E-state index in [0.29, 0.717) is 21.7 Å². The summed E-state index contributed by atoms with van der Waals surface area (Å²) < 4.78 is 18.8. The Labute approximate surface area is 214 Å². The lowest BCUT2D eigenvalue weighted by atomic mass is 10.3. The minimum atomic E-state index is 0.516. The van der Waals surface area contributed by atoms with E-state index in [9.17, 15) is 0 Å². The Bertz CT molecular complexity index is 806. The van der Waals surface area contributed by atoms with Crippen molar-refractivity contribution >= 4 is 143 Å². The molecule has 0 fully saturated rings. The van der Waals surface area contributed by atoms with Crippen LogP contribution < -0.4 is 9.47 Å². The van der Waals surface area contributed by atoms with E-state index in [1.807, 2.05) is 0 Å². The minimum absolute atomic E-state index is 0.516. The molecule has 0 aromatic heterocycles. The van der Waals surface area contributed by atoms with Crippen molar-refractivity contribution in [3.8, 4) is 17.2 Å². The van der Waals surface area contributed by atoms with E-state index >= 15 is 0 Å². The molecule has 0 N–H and O–H groups in total. The lowest BCUT2D eigenvalue weighted by molar-refractivity contribution is 0.373. The molecule has 130 valence electrons. The van der Waals surface area contributed by atoms with E-state index in [-0.39, 0.29) is 0 Å². The smallest absolute Gasteiger partial charge is 0.185 e. The van der Waals surface area contributed by atoms with Crippen molar-refractivity contribution in [3.05, 3.63) is 40.3 Å². The van der Waals surface area contributed by atoms with Crippen LogP contribution in [0.15, 0.2) is 40.3 Å². The fraction of sp³-hybridized carbons (Fsp3) is 0.0769. The molecule has 2 aromatic rings. The molecular formula is C13H3Br9O2. The third-order valence-corrected chi connectivity index (χ3v) is 13.5. The third-order valence-electron chi connectivity index (χ3n) is 2.76. The van der Waals surface area contributed by atoms with Crippen LogP contribution in [0.4, 0.5) is 0 Å². The topological polar surface area (TPSA) is 18.5 Å². The summed E-state index contributed by atoms with van der Waals surface area (Å²) in [7, 11) is 1.58. The molecule has 0 aliphatic heterocycles. The highest BCUT2D eigenvalue weighted by Crippen LogP contribution is 2.55. The Morgan fingerprint density at radius 3 is 1.08 bits per heavy atom.